The number of urea groups is 1. The molecule has 4 N–H and O–H groups in total. The Hall–Kier alpha value is -2.96. The lowest BCUT2D eigenvalue weighted by Gasteiger charge is -2.30. The number of benzene rings is 2. The average Bonchev–Trinajstić information content (AvgIpc) is 2.55. The first-order valence-corrected chi connectivity index (χ1v) is 7.82. The standard InChI is InChI=1S/C18H18F2N4O/c1-10-2-4-13(14-5-3-11(19)8-16(14)20)15-9-24(7-6-12(10)15)18(25)23-17(21)22/h2-5,8H,6-7,9H2,1H3,(H4,21,22,23,25). The van der Waals surface area contributed by atoms with E-state index in [4.69, 9.17) is 11.5 Å². The predicted molar refractivity (Wildman–Crippen MR) is 91.9 cm³/mol. The van der Waals surface area contributed by atoms with Crippen molar-refractivity contribution in [1.29, 1.82) is 0 Å². The van der Waals surface area contributed by atoms with Crippen LogP contribution in [0.4, 0.5) is 13.6 Å². The van der Waals surface area contributed by atoms with Crippen molar-refractivity contribution >= 4 is 12.0 Å². The lowest BCUT2D eigenvalue weighted by Crippen LogP contribution is -2.37. The lowest BCUT2D eigenvalue weighted by molar-refractivity contribution is 0.202. The Labute approximate surface area is 143 Å². The lowest BCUT2D eigenvalue weighted by atomic mass is 9.88. The van der Waals surface area contributed by atoms with Gasteiger partial charge in [-0.1, -0.05) is 12.1 Å². The van der Waals surface area contributed by atoms with Crippen LogP contribution in [0.2, 0.25) is 0 Å². The monoisotopic (exact) mass is 344 g/mol. The molecule has 1 aliphatic rings. The molecule has 0 aromatic heterocycles. The molecule has 0 saturated carbocycles. The highest BCUT2D eigenvalue weighted by Gasteiger charge is 2.25. The van der Waals surface area contributed by atoms with Crippen molar-refractivity contribution in [3.8, 4) is 11.1 Å². The van der Waals surface area contributed by atoms with Gasteiger partial charge < -0.3 is 16.4 Å². The Morgan fingerprint density at radius 1 is 1.12 bits per heavy atom. The fourth-order valence-corrected chi connectivity index (χ4v) is 3.16. The topological polar surface area (TPSA) is 84.7 Å². The van der Waals surface area contributed by atoms with Crippen molar-refractivity contribution in [2.45, 2.75) is 19.9 Å². The largest absolute Gasteiger partial charge is 0.370 e. The number of nitrogens with zero attached hydrogens (tertiary/aromatic N) is 2. The third-order valence-corrected chi connectivity index (χ3v) is 4.36. The van der Waals surface area contributed by atoms with Crippen LogP contribution < -0.4 is 11.5 Å². The Balaban J connectivity index is 2.07. The van der Waals surface area contributed by atoms with Gasteiger partial charge in [0.15, 0.2) is 5.96 Å². The minimum absolute atomic E-state index is 0.263. The molecule has 0 bridgehead atoms. The molecule has 3 rings (SSSR count). The summed E-state index contributed by atoms with van der Waals surface area (Å²) in [7, 11) is 0. The van der Waals surface area contributed by atoms with E-state index in [1.165, 1.54) is 17.0 Å². The van der Waals surface area contributed by atoms with E-state index in [9.17, 15) is 13.6 Å². The minimum Gasteiger partial charge on any atom is -0.370 e. The van der Waals surface area contributed by atoms with E-state index in [2.05, 4.69) is 4.99 Å². The maximum atomic E-state index is 14.3. The number of carbonyl (C=O) groups is 1. The molecule has 0 fully saturated rings. The first-order chi connectivity index (χ1) is 11.9. The maximum Gasteiger partial charge on any atom is 0.347 e. The van der Waals surface area contributed by atoms with Crippen LogP contribution in [0.15, 0.2) is 35.3 Å². The van der Waals surface area contributed by atoms with Gasteiger partial charge in [-0.2, -0.15) is 4.99 Å². The van der Waals surface area contributed by atoms with Gasteiger partial charge in [0.2, 0.25) is 0 Å². The van der Waals surface area contributed by atoms with E-state index in [0.29, 0.717) is 24.1 Å². The second-order valence-corrected chi connectivity index (χ2v) is 6.00. The summed E-state index contributed by atoms with van der Waals surface area (Å²) in [6, 6.07) is 6.65. The molecule has 1 aliphatic heterocycles. The zero-order valence-electron chi connectivity index (χ0n) is 13.7. The van der Waals surface area contributed by atoms with Crippen molar-refractivity contribution < 1.29 is 13.6 Å². The van der Waals surface area contributed by atoms with Gasteiger partial charge in [-0.15, -0.1) is 0 Å². The van der Waals surface area contributed by atoms with E-state index < -0.39 is 17.7 Å². The maximum absolute atomic E-state index is 14.3. The summed E-state index contributed by atoms with van der Waals surface area (Å²) < 4.78 is 27.5. The Bertz CT molecular complexity index is 876. The van der Waals surface area contributed by atoms with Crippen molar-refractivity contribution in [2.75, 3.05) is 6.54 Å². The molecule has 0 saturated heterocycles. The summed E-state index contributed by atoms with van der Waals surface area (Å²) in [6.07, 6.45) is 0.615. The number of hydrogen-bond donors (Lipinski definition) is 2. The minimum atomic E-state index is -0.640. The van der Waals surface area contributed by atoms with Crippen molar-refractivity contribution in [2.24, 2.45) is 16.5 Å². The molecule has 0 spiro atoms. The third kappa shape index (κ3) is 3.31. The van der Waals surface area contributed by atoms with Crippen LogP contribution in [0.1, 0.15) is 16.7 Å². The van der Waals surface area contributed by atoms with Gasteiger partial charge in [0.05, 0.1) is 0 Å². The van der Waals surface area contributed by atoms with Crippen LogP contribution in [0.3, 0.4) is 0 Å². The molecule has 2 aromatic carbocycles. The SMILES string of the molecule is Cc1ccc(-c2ccc(F)cc2F)c2c1CCN(C(=O)N=C(N)N)C2. The number of nitrogens with two attached hydrogens (primary N) is 2. The Kier molecular flexibility index (Phi) is 4.39. The normalized spacial score (nSPS) is 13.3. The molecule has 0 radical (unpaired) electrons. The van der Waals surface area contributed by atoms with Gasteiger partial charge in [-0.05, 0) is 47.7 Å². The molecule has 0 aliphatic carbocycles. The predicted octanol–water partition coefficient (Wildman–Crippen LogP) is 2.69. The number of aliphatic imine (C=N–C) groups is 1. The zero-order chi connectivity index (χ0) is 18.1. The van der Waals surface area contributed by atoms with E-state index in [1.807, 2.05) is 13.0 Å². The summed E-state index contributed by atoms with van der Waals surface area (Å²) in [5.41, 5.74) is 14.4. The van der Waals surface area contributed by atoms with Crippen LogP contribution in [0.25, 0.3) is 11.1 Å². The fraction of sp³-hybridized carbons (Fsp3) is 0.222. The average molecular weight is 344 g/mol. The zero-order valence-corrected chi connectivity index (χ0v) is 13.7. The molecule has 0 atom stereocenters. The molecule has 130 valence electrons. The molecular weight excluding hydrogens is 326 g/mol. The number of rotatable bonds is 1. The number of guanidine groups is 1. The van der Waals surface area contributed by atoms with Crippen LogP contribution in [0, 0.1) is 18.6 Å². The van der Waals surface area contributed by atoms with E-state index >= 15 is 0 Å². The second-order valence-electron chi connectivity index (χ2n) is 6.00. The fourth-order valence-electron chi connectivity index (χ4n) is 3.16. The van der Waals surface area contributed by atoms with Crippen LogP contribution >= 0.6 is 0 Å². The van der Waals surface area contributed by atoms with E-state index in [0.717, 1.165) is 22.8 Å². The van der Waals surface area contributed by atoms with Gasteiger partial charge in [-0.25, -0.2) is 13.6 Å². The summed E-state index contributed by atoms with van der Waals surface area (Å²) in [5.74, 6) is -1.57. The Morgan fingerprint density at radius 2 is 1.84 bits per heavy atom. The van der Waals surface area contributed by atoms with Gasteiger partial charge in [0, 0.05) is 24.7 Å². The second kappa shape index (κ2) is 6.51. The Morgan fingerprint density at radius 3 is 2.52 bits per heavy atom. The number of carbonyl (C=O) groups excluding carboxylic acids is 1. The summed E-state index contributed by atoms with van der Waals surface area (Å²) >= 11 is 0. The number of aryl methyl sites for hydroxylation is 1. The van der Waals surface area contributed by atoms with E-state index in [-0.39, 0.29) is 12.5 Å². The highest BCUT2D eigenvalue weighted by Crippen LogP contribution is 2.34. The van der Waals surface area contributed by atoms with Gasteiger partial charge in [-0.3, -0.25) is 0 Å². The molecule has 1 heterocycles. The van der Waals surface area contributed by atoms with Gasteiger partial charge >= 0.3 is 6.03 Å². The number of fused-ring (bicyclic) bond motifs is 1. The van der Waals surface area contributed by atoms with Crippen LogP contribution in [0.5, 0.6) is 0 Å². The van der Waals surface area contributed by atoms with Crippen LogP contribution in [-0.4, -0.2) is 23.4 Å². The third-order valence-electron chi connectivity index (χ3n) is 4.36. The van der Waals surface area contributed by atoms with Gasteiger partial charge in [0.1, 0.15) is 11.6 Å². The molecular formula is C18H18F2N4O. The molecule has 2 amide bonds. The summed E-state index contributed by atoms with van der Waals surface area (Å²) in [6.45, 7) is 2.70. The summed E-state index contributed by atoms with van der Waals surface area (Å²) in [4.78, 5) is 17.2. The molecule has 25 heavy (non-hydrogen) atoms. The van der Waals surface area contributed by atoms with E-state index in [1.54, 1.807) is 6.07 Å². The van der Waals surface area contributed by atoms with Crippen molar-refractivity contribution in [3.63, 3.8) is 0 Å². The highest BCUT2D eigenvalue weighted by atomic mass is 19.1. The smallest absolute Gasteiger partial charge is 0.347 e. The first kappa shape index (κ1) is 16.9. The number of halogens is 2. The first-order valence-electron chi connectivity index (χ1n) is 7.82. The van der Waals surface area contributed by atoms with Crippen LogP contribution in [-0.2, 0) is 13.0 Å². The van der Waals surface area contributed by atoms with Crippen molar-refractivity contribution in [3.05, 3.63) is 58.7 Å². The quantitative estimate of drug-likeness (QED) is 0.616. The number of amides is 2. The number of hydrogen-bond acceptors (Lipinski definition) is 1. The van der Waals surface area contributed by atoms with Crippen molar-refractivity contribution in [1.82, 2.24) is 4.90 Å². The summed E-state index contributed by atoms with van der Waals surface area (Å²) in [5, 5.41) is 0. The molecule has 5 nitrogen and oxygen atoms in total. The molecule has 0 unspecified atom stereocenters. The molecule has 7 heteroatoms. The highest BCUT2D eigenvalue weighted by molar-refractivity contribution is 5.90. The molecule has 2 aromatic rings. The van der Waals surface area contributed by atoms with Gasteiger partial charge in [0.25, 0.3) is 0 Å².